The Balaban J connectivity index is 1.08. The lowest BCUT2D eigenvalue weighted by Crippen LogP contribution is -2.28. The van der Waals surface area contributed by atoms with Crippen LogP contribution in [0.4, 0.5) is 17.1 Å². The van der Waals surface area contributed by atoms with Crippen LogP contribution >= 0.6 is 0 Å². The van der Waals surface area contributed by atoms with Gasteiger partial charge in [-0.2, -0.15) is 0 Å². The molecule has 12 rings (SSSR count). The number of anilines is 3. The van der Waals surface area contributed by atoms with Crippen molar-refractivity contribution in [2.24, 2.45) is 0 Å². The quantitative estimate of drug-likeness (QED) is 0.132. The van der Waals surface area contributed by atoms with Crippen molar-refractivity contribution in [2.75, 3.05) is 4.90 Å². The van der Waals surface area contributed by atoms with Crippen LogP contribution in [0.2, 0.25) is 0 Å². The molecule has 0 saturated heterocycles. The maximum Gasteiger partial charge on any atom is 0.0714 e. The summed E-state index contributed by atoms with van der Waals surface area (Å²) < 4.78 is 0. The van der Waals surface area contributed by atoms with Gasteiger partial charge >= 0.3 is 0 Å². The molecular weight excluding hydrogens is 819 g/mol. The van der Waals surface area contributed by atoms with Gasteiger partial charge in [-0.05, 0) is 125 Å². The minimum Gasteiger partial charge on any atom is -0.310 e. The van der Waals surface area contributed by atoms with Crippen molar-refractivity contribution in [1.29, 1.82) is 0 Å². The van der Waals surface area contributed by atoms with Gasteiger partial charge in [0.15, 0.2) is 0 Å². The molecule has 0 saturated carbocycles. The number of nitrogens with zero attached hydrogens (tertiary/aromatic N) is 1. The van der Waals surface area contributed by atoms with Gasteiger partial charge in [-0.1, -0.05) is 249 Å². The van der Waals surface area contributed by atoms with Crippen molar-refractivity contribution < 1.29 is 0 Å². The average Bonchev–Trinajstić information content (AvgIpc) is 3.72. The molecule has 1 aliphatic carbocycles. The lowest BCUT2D eigenvalue weighted by Gasteiger charge is -2.35. The highest BCUT2D eigenvalue weighted by atomic mass is 15.1. The fourth-order valence-electron chi connectivity index (χ4n) is 10.8. The first kappa shape index (κ1) is 40.7. The van der Waals surface area contributed by atoms with Crippen LogP contribution in [0.5, 0.6) is 0 Å². The second kappa shape index (κ2) is 17.5. The molecule has 0 bridgehead atoms. The van der Waals surface area contributed by atoms with Crippen LogP contribution in [0.3, 0.4) is 0 Å². The molecule has 0 fully saturated rings. The van der Waals surface area contributed by atoms with Crippen LogP contribution < -0.4 is 4.90 Å². The van der Waals surface area contributed by atoms with Gasteiger partial charge in [-0.3, -0.25) is 0 Å². The highest BCUT2D eigenvalue weighted by molar-refractivity contribution is 6.00. The minimum absolute atomic E-state index is 0.534. The molecule has 0 heterocycles. The van der Waals surface area contributed by atoms with E-state index in [9.17, 15) is 0 Å². The van der Waals surface area contributed by atoms with E-state index in [1.165, 1.54) is 83.5 Å². The lowest BCUT2D eigenvalue weighted by molar-refractivity contribution is 0.768. The smallest absolute Gasteiger partial charge is 0.0714 e. The Morgan fingerprint density at radius 1 is 0.221 bits per heavy atom. The monoisotopic (exact) mass is 865 g/mol. The molecule has 11 aromatic rings. The molecule has 68 heavy (non-hydrogen) atoms. The van der Waals surface area contributed by atoms with Crippen molar-refractivity contribution in [3.8, 4) is 66.8 Å². The fourth-order valence-corrected chi connectivity index (χ4v) is 10.8. The van der Waals surface area contributed by atoms with Gasteiger partial charge < -0.3 is 4.90 Å². The molecule has 0 amide bonds. The summed E-state index contributed by atoms with van der Waals surface area (Å²) in [6.07, 6.45) is 0. The van der Waals surface area contributed by atoms with Crippen LogP contribution in [-0.2, 0) is 5.41 Å². The van der Waals surface area contributed by atoms with Gasteiger partial charge in [0.1, 0.15) is 0 Å². The predicted molar refractivity (Wildman–Crippen MR) is 286 cm³/mol. The summed E-state index contributed by atoms with van der Waals surface area (Å²) in [5.41, 5.74) is 22.2. The van der Waals surface area contributed by atoms with Gasteiger partial charge in [0.2, 0.25) is 0 Å². The topological polar surface area (TPSA) is 3.24 Å². The van der Waals surface area contributed by atoms with E-state index in [1.807, 2.05) is 0 Å². The Kier molecular flexibility index (Phi) is 10.5. The number of rotatable bonds is 10. The standard InChI is InChI=1S/C67H47N/c1-6-22-48(23-7-1)49-40-42-55(43-41-49)68(57-44-45-62-61-35-18-19-39-64(61)67(65(62)47-57,53-29-12-4-13-30-53)54-31-14-5-15-32-54)56-33-20-28-52(46-56)60-38-21-37-59(51-26-10-3-11-27-51)66(60)63-36-17-16-34-58(63)50-24-8-2-9-25-50/h1-47H. The third-order valence-electron chi connectivity index (χ3n) is 13.8. The van der Waals surface area contributed by atoms with E-state index in [1.54, 1.807) is 0 Å². The van der Waals surface area contributed by atoms with Crippen molar-refractivity contribution in [3.63, 3.8) is 0 Å². The Hall–Kier alpha value is -8.78. The first-order valence-electron chi connectivity index (χ1n) is 23.5. The SMILES string of the molecule is c1ccc(-c2ccc(N(c3cccc(-c4cccc(-c5ccccc5)c4-c4ccccc4-c4ccccc4)c3)c3ccc4c(c3)C(c3ccccc3)(c3ccccc3)c3ccccc3-4)cc2)cc1. The summed E-state index contributed by atoms with van der Waals surface area (Å²) in [5.74, 6) is 0. The zero-order valence-electron chi connectivity index (χ0n) is 37.6. The molecule has 1 nitrogen and oxygen atoms in total. The van der Waals surface area contributed by atoms with E-state index in [-0.39, 0.29) is 0 Å². The Labute approximate surface area is 399 Å². The third-order valence-corrected chi connectivity index (χ3v) is 13.8. The maximum atomic E-state index is 2.46. The zero-order valence-corrected chi connectivity index (χ0v) is 37.6. The van der Waals surface area contributed by atoms with E-state index in [0.29, 0.717) is 0 Å². The molecule has 0 aromatic heterocycles. The van der Waals surface area contributed by atoms with E-state index in [0.717, 1.165) is 22.6 Å². The molecule has 1 heteroatoms. The van der Waals surface area contributed by atoms with E-state index < -0.39 is 5.41 Å². The van der Waals surface area contributed by atoms with E-state index >= 15 is 0 Å². The molecule has 0 aliphatic heterocycles. The number of hydrogen-bond donors (Lipinski definition) is 0. The summed E-state index contributed by atoms with van der Waals surface area (Å²) in [7, 11) is 0. The summed E-state index contributed by atoms with van der Waals surface area (Å²) >= 11 is 0. The van der Waals surface area contributed by atoms with Crippen LogP contribution in [0, 0.1) is 0 Å². The largest absolute Gasteiger partial charge is 0.310 e. The second-order valence-electron chi connectivity index (χ2n) is 17.6. The molecule has 0 radical (unpaired) electrons. The highest BCUT2D eigenvalue weighted by Gasteiger charge is 2.46. The predicted octanol–water partition coefficient (Wildman–Crippen LogP) is 17.9. The minimum atomic E-state index is -0.534. The van der Waals surface area contributed by atoms with Crippen LogP contribution in [0.25, 0.3) is 66.8 Å². The first-order chi connectivity index (χ1) is 33.8. The van der Waals surface area contributed by atoms with Crippen molar-refractivity contribution in [1.82, 2.24) is 0 Å². The van der Waals surface area contributed by atoms with Gasteiger partial charge in [-0.15, -0.1) is 0 Å². The molecule has 320 valence electrons. The molecule has 0 unspecified atom stereocenters. The van der Waals surface area contributed by atoms with Gasteiger partial charge in [0, 0.05) is 17.1 Å². The van der Waals surface area contributed by atoms with Crippen molar-refractivity contribution in [3.05, 3.63) is 307 Å². The molecular formula is C67H47N. The Morgan fingerprint density at radius 2 is 0.632 bits per heavy atom. The molecule has 1 aliphatic rings. The molecule has 11 aromatic carbocycles. The van der Waals surface area contributed by atoms with E-state index in [4.69, 9.17) is 0 Å². The molecule has 0 atom stereocenters. The van der Waals surface area contributed by atoms with Gasteiger partial charge in [0.05, 0.1) is 5.41 Å². The van der Waals surface area contributed by atoms with Crippen LogP contribution in [0.15, 0.2) is 285 Å². The van der Waals surface area contributed by atoms with E-state index in [2.05, 4.69) is 290 Å². The molecule has 0 spiro atoms. The normalized spacial score (nSPS) is 12.2. The number of hydrogen-bond acceptors (Lipinski definition) is 1. The lowest BCUT2D eigenvalue weighted by atomic mass is 9.67. The van der Waals surface area contributed by atoms with Crippen LogP contribution in [0.1, 0.15) is 22.3 Å². The Morgan fingerprint density at radius 3 is 1.26 bits per heavy atom. The van der Waals surface area contributed by atoms with Crippen LogP contribution in [-0.4, -0.2) is 0 Å². The summed E-state index contributed by atoms with van der Waals surface area (Å²) in [6.45, 7) is 0. The summed E-state index contributed by atoms with van der Waals surface area (Å²) in [4.78, 5) is 2.45. The van der Waals surface area contributed by atoms with Gasteiger partial charge in [-0.25, -0.2) is 0 Å². The maximum absolute atomic E-state index is 2.46. The first-order valence-corrected chi connectivity index (χ1v) is 23.5. The second-order valence-corrected chi connectivity index (χ2v) is 17.6. The van der Waals surface area contributed by atoms with Crippen molar-refractivity contribution in [2.45, 2.75) is 5.41 Å². The third kappa shape index (κ3) is 7.05. The number of fused-ring (bicyclic) bond motifs is 3. The number of benzene rings is 11. The zero-order chi connectivity index (χ0) is 45.3. The van der Waals surface area contributed by atoms with Gasteiger partial charge in [0.25, 0.3) is 0 Å². The highest BCUT2D eigenvalue weighted by Crippen LogP contribution is 2.57. The molecule has 0 N–H and O–H groups in total. The summed E-state index contributed by atoms with van der Waals surface area (Å²) in [6, 6.07) is 104. The summed E-state index contributed by atoms with van der Waals surface area (Å²) in [5, 5.41) is 0. The Bertz CT molecular complexity index is 3490. The fraction of sp³-hybridized carbons (Fsp3) is 0.0149. The van der Waals surface area contributed by atoms with Crippen molar-refractivity contribution >= 4 is 17.1 Å². The average molecular weight is 866 g/mol.